The van der Waals surface area contributed by atoms with Gasteiger partial charge < -0.3 is 21.9 Å². The van der Waals surface area contributed by atoms with Crippen LogP contribution in [0.3, 0.4) is 0 Å². The van der Waals surface area contributed by atoms with Gasteiger partial charge >= 0.3 is 0 Å². The van der Waals surface area contributed by atoms with Gasteiger partial charge in [0.15, 0.2) is 0 Å². The Bertz CT molecular complexity index is 97.0. The minimum Gasteiger partial charge on any atom is -1.00 e. The van der Waals surface area contributed by atoms with Crippen LogP contribution in [0.5, 0.6) is 0 Å². The van der Waals surface area contributed by atoms with Gasteiger partial charge in [0, 0.05) is 0 Å². The molecule has 0 rings (SSSR count). The Morgan fingerprint density at radius 3 is 1.27 bits per heavy atom. The van der Waals surface area contributed by atoms with Crippen LogP contribution in [-0.4, -0.2) is 19.6 Å². The first-order valence-corrected chi connectivity index (χ1v) is 3.51. The fraction of sp³-hybridized carbons (Fsp3) is 0.333. The maximum atomic E-state index is 3.68. The quantitative estimate of drug-likeness (QED) is 0.468. The van der Waals surface area contributed by atoms with E-state index in [1.807, 2.05) is 18.2 Å². The summed E-state index contributed by atoms with van der Waals surface area (Å²) >= 11 is 0. The van der Waals surface area contributed by atoms with Crippen LogP contribution in [0, 0.1) is 0 Å². The van der Waals surface area contributed by atoms with Gasteiger partial charge in [-0.3, -0.25) is 0 Å². The fourth-order valence-corrected chi connectivity index (χ4v) is 0.862. The number of rotatable bonds is 6. The molecule has 11 heavy (non-hydrogen) atoms. The zero-order valence-electron chi connectivity index (χ0n) is 6.85. The molecule has 0 aromatic rings. The Balaban J connectivity index is 0. The van der Waals surface area contributed by atoms with E-state index >= 15 is 0 Å². The van der Waals surface area contributed by atoms with Gasteiger partial charge in [-0.15, -0.1) is 0 Å². The Morgan fingerprint density at radius 2 is 1.09 bits per heavy atom. The molecular weight excluding hydrogens is 202 g/mol. The van der Waals surface area contributed by atoms with Crippen LogP contribution in [0.2, 0.25) is 0 Å². The fourth-order valence-electron chi connectivity index (χ4n) is 0.862. The molecule has 0 spiro atoms. The number of hydrogen-bond donors (Lipinski definition) is 1. The van der Waals surface area contributed by atoms with Crippen LogP contribution in [-0.2, 0) is 0 Å². The van der Waals surface area contributed by atoms with Crippen molar-refractivity contribution >= 4 is 0 Å². The summed E-state index contributed by atoms with van der Waals surface area (Å²) < 4.78 is 0. The van der Waals surface area contributed by atoms with Crippen LogP contribution in [0.1, 0.15) is 0 Å². The van der Waals surface area contributed by atoms with E-state index in [0.29, 0.717) is 0 Å². The van der Waals surface area contributed by atoms with Crippen molar-refractivity contribution in [3.05, 3.63) is 38.0 Å². The number of hydrogen-bond acceptors (Lipinski definition) is 0. The monoisotopic (exact) mass is 217 g/mol. The molecule has 0 aliphatic rings. The molecule has 0 aromatic heterocycles. The lowest BCUT2D eigenvalue weighted by molar-refractivity contribution is -0.881. The second kappa shape index (κ2) is 9.66. The summed E-state index contributed by atoms with van der Waals surface area (Å²) in [5.41, 5.74) is 0. The van der Waals surface area contributed by atoms with E-state index in [0.717, 1.165) is 19.6 Å². The Labute approximate surface area is 79.9 Å². The molecule has 1 N–H and O–H groups in total. The Hall–Kier alpha value is -0.340. The van der Waals surface area contributed by atoms with E-state index in [2.05, 4.69) is 19.7 Å². The van der Waals surface area contributed by atoms with Crippen molar-refractivity contribution in [1.29, 1.82) is 0 Å². The van der Waals surface area contributed by atoms with Crippen molar-refractivity contribution in [2.75, 3.05) is 19.6 Å². The maximum absolute atomic E-state index is 3.68. The van der Waals surface area contributed by atoms with Gasteiger partial charge in [0.25, 0.3) is 0 Å². The minimum atomic E-state index is 0. The van der Waals surface area contributed by atoms with E-state index in [1.54, 1.807) is 0 Å². The Kier molecular flexibility index (Phi) is 11.6. The molecule has 0 fully saturated rings. The third kappa shape index (κ3) is 7.56. The SMILES string of the molecule is C=CC[NH+](CC=C)CC=C.[Br-]. The van der Waals surface area contributed by atoms with E-state index < -0.39 is 0 Å². The second-order valence-electron chi connectivity index (χ2n) is 2.23. The van der Waals surface area contributed by atoms with Crippen LogP contribution in [0.4, 0.5) is 0 Å². The summed E-state index contributed by atoms with van der Waals surface area (Å²) in [7, 11) is 0. The molecule has 0 amide bonds. The third-order valence-electron chi connectivity index (χ3n) is 1.30. The molecule has 0 saturated heterocycles. The van der Waals surface area contributed by atoms with Gasteiger partial charge in [0.05, 0.1) is 19.6 Å². The van der Waals surface area contributed by atoms with Crippen molar-refractivity contribution in [1.82, 2.24) is 0 Å². The molecule has 0 bridgehead atoms. The largest absolute Gasteiger partial charge is 1.00 e. The molecule has 1 nitrogen and oxygen atoms in total. The zero-order valence-corrected chi connectivity index (χ0v) is 8.44. The van der Waals surface area contributed by atoms with Gasteiger partial charge in [-0.05, 0) is 18.2 Å². The summed E-state index contributed by atoms with van der Waals surface area (Å²) in [6.07, 6.45) is 5.76. The van der Waals surface area contributed by atoms with Crippen LogP contribution < -0.4 is 21.9 Å². The van der Waals surface area contributed by atoms with E-state index in [1.165, 1.54) is 4.90 Å². The topological polar surface area (TPSA) is 4.44 Å². The highest BCUT2D eigenvalue weighted by molar-refractivity contribution is 4.71. The molecule has 0 aromatic carbocycles. The van der Waals surface area contributed by atoms with Gasteiger partial charge in [-0.2, -0.15) is 0 Å². The highest BCUT2D eigenvalue weighted by Crippen LogP contribution is 1.59. The lowest BCUT2D eigenvalue weighted by Crippen LogP contribution is -3.11. The molecule has 0 saturated carbocycles. The van der Waals surface area contributed by atoms with Crippen LogP contribution in [0.25, 0.3) is 0 Å². The van der Waals surface area contributed by atoms with Gasteiger partial charge in [0.2, 0.25) is 0 Å². The lowest BCUT2D eigenvalue weighted by atomic mass is 10.4. The molecule has 0 unspecified atom stereocenters. The smallest absolute Gasteiger partial charge is 0.0960 e. The van der Waals surface area contributed by atoms with Crippen molar-refractivity contribution in [2.24, 2.45) is 0 Å². The highest BCUT2D eigenvalue weighted by atomic mass is 79.9. The average molecular weight is 218 g/mol. The lowest BCUT2D eigenvalue weighted by Gasteiger charge is -2.12. The first kappa shape index (κ1) is 13.3. The minimum absolute atomic E-state index is 0. The molecule has 2 heteroatoms. The molecule has 0 aliphatic carbocycles. The standard InChI is InChI=1S/C9H15N.BrH/c1-4-7-10(8-5-2)9-6-3;/h4-6H,1-3,7-9H2;1H. The predicted octanol–water partition coefficient (Wildman–Crippen LogP) is -2.57. The molecule has 0 atom stereocenters. The predicted molar refractivity (Wildman–Crippen MR) is 46.2 cm³/mol. The highest BCUT2D eigenvalue weighted by Gasteiger charge is 1.97. The van der Waals surface area contributed by atoms with E-state index in [9.17, 15) is 0 Å². The van der Waals surface area contributed by atoms with Gasteiger partial charge in [0.1, 0.15) is 0 Å². The summed E-state index contributed by atoms with van der Waals surface area (Å²) in [6, 6.07) is 0. The first-order valence-electron chi connectivity index (χ1n) is 3.51. The van der Waals surface area contributed by atoms with Gasteiger partial charge in [-0.1, -0.05) is 19.7 Å². The van der Waals surface area contributed by atoms with Crippen molar-refractivity contribution < 1.29 is 21.9 Å². The van der Waals surface area contributed by atoms with Crippen LogP contribution >= 0.6 is 0 Å². The summed E-state index contributed by atoms with van der Waals surface area (Å²) in [6.45, 7) is 14.0. The average Bonchev–Trinajstić information content (AvgIpc) is 1.90. The van der Waals surface area contributed by atoms with Gasteiger partial charge in [-0.25, -0.2) is 0 Å². The summed E-state index contributed by atoms with van der Waals surface area (Å²) in [5, 5.41) is 0. The third-order valence-corrected chi connectivity index (χ3v) is 1.30. The van der Waals surface area contributed by atoms with Crippen molar-refractivity contribution in [2.45, 2.75) is 0 Å². The summed E-state index contributed by atoms with van der Waals surface area (Å²) in [5.74, 6) is 0. The number of quaternary nitrogens is 1. The number of halogens is 1. The van der Waals surface area contributed by atoms with E-state index in [-0.39, 0.29) is 17.0 Å². The molecule has 0 heterocycles. The molecule has 64 valence electrons. The second-order valence-corrected chi connectivity index (χ2v) is 2.23. The maximum Gasteiger partial charge on any atom is 0.0960 e. The van der Waals surface area contributed by atoms with Crippen LogP contribution in [0.15, 0.2) is 38.0 Å². The van der Waals surface area contributed by atoms with E-state index in [4.69, 9.17) is 0 Å². The summed E-state index contributed by atoms with van der Waals surface area (Å²) in [4.78, 5) is 1.43. The first-order chi connectivity index (χ1) is 4.85. The molecule has 0 radical (unpaired) electrons. The molecule has 0 aliphatic heterocycles. The normalized spacial score (nSPS) is 8.45. The molecular formula is C9H16BrN. The Morgan fingerprint density at radius 1 is 0.818 bits per heavy atom. The number of nitrogens with one attached hydrogen (secondary N) is 1. The zero-order chi connectivity index (χ0) is 7.82. The van der Waals surface area contributed by atoms with Crippen molar-refractivity contribution in [3.63, 3.8) is 0 Å². The van der Waals surface area contributed by atoms with Crippen molar-refractivity contribution in [3.8, 4) is 0 Å².